The highest BCUT2D eigenvalue weighted by atomic mass is 31.2. The number of phosphoric ester groups is 1. The van der Waals surface area contributed by atoms with Crippen molar-refractivity contribution >= 4 is 19.8 Å². The summed E-state index contributed by atoms with van der Waals surface area (Å²) < 4.78 is 26.2. The Morgan fingerprint density at radius 1 is 0.608 bits per heavy atom. The van der Waals surface area contributed by atoms with Crippen LogP contribution in [0.15, 0.2) is 97.2 Å². The van der Waals surface area contributed by atoms with Gasteiger partial charge in [-0.25, -0.2) is 4.57 Å². The molecule has 0 radical (unpaired) electrons. The molecule has 0 amide bonds. The number of hydrogen-bond acceptors (Lipinski definition) is 7. The van der Waals surface area contributed by atoms with Crippen LogP contribution in [0.5, 0.6) is 0 Å². The highest BCUT2D eigenvalue weighted by Gasteiger charge is 2.22. The molecule has 51 heavy (non-hydrogen) atoms. The van der Waals surface area contributed by atoms with Crippen molar-refractivity contribution in [1.82, 2.24) is 0 Å². The lowest BCUT2D eigenvalue weighted by Gasteiger charge is -2.18. The van der Waals surface area contributed by atoms with Crippen LogP contribution in [0.2, 0.25) is 0 Å². The second-order valence-corrected chi connectivity index (χ2v) is 13.2. The van der Waals surface area contributed by atoms with Gasteiger partial charge in [0.05, 0.1) is 12.7 Å². The number of hydrogen-bond donors (Lipinski definition) is 3. The summed E-state index contributed by atoms with van der Waals surface area (Å²) in [4.78, 5) is 42.7. The summed E-state index contributed by atoms with van der Waals surface area (Å²) in [6.45, 7) is 3.26. The third-order valence-corrected chi connectivity index (χ3v) is 7.63. The normalized spacial score (nSPS) is 14.2. The fourth-order valence-electron chi connectivity index (χ4n) is 4.43. The zero-order valence-corrected chi connectivity index (χ0v) is 32.0. The van der Waals surface area contributed by atoms with Crippen molar-refractivity contribution in [2.75, 3.05) is 13.2 Å². The van der Waals surface area contributed by atoms with E-state index in [2.05, 4.69) is 97.4 Å². The predicted octanol–water partition coefficient (Wildman–Crippen LogP) is 10.0. The van der Waals surface area contributed by atoms with E-state index in [0.717, 1.165) is 70.6 Å². The Labute approximate surface area is 307 Å². The molecule has 0 aliphatic heterocycles. The fourth-order valence-corrected chi connectivity index (χ4v) is 4.79. The summed E-state index contributed by atoms with van der Waals surface area (Å²) in [5, 5.41) is 9.69. The van der Waals surface area contributed by atoms with Gasteiger partial charge in [0.2, 0.25) is 0 Å². The zero-order chi connectivity index (χ0) is 37.7. The lowest BCUT2D eigenvalue weighted by atomic mass is 10.1. The molecular formula is C41H65O9P. The first kappa shape index (κ1) is 47.9. The van der Waals surface area contributed by atoms with Crippen LogP contribution in [-0.2, 0) is 28.2 Å². The Hall–Kier alpha value is -3.07. The topological polar surface area (TPSA) is 140 Å². The summed E-state index contributed by atoms with van der Waals surface area (Å²) in [7, 11) is -4.79. The van der Waals surface area contributed by atoms with Gasteiger partial charge in [0.25, 0.3) is 0 Å². The van der Waals surface area contributed by atoms with Gasteiger partial charge < -0.3 is 24.4 Å². The van der Waals surface area contributed by atoms with E-state index in [1.165, 1.54) is 0 Å². The number of phosphoric acid groups is 1. The minimum atomic E-state index is -4.79. The smallest absolute Gasteiger partial charge is 0.462 e. The molecule has 0 rings (SSSR count). The van der Waals surface area contributed by atoms with Crippen molar-refractivity contribution in [3.05, 3.63) is 97.2 Å². The minimum absolute atomic E-state index is 0.134. The fraction of sp³-hybridized carbons (Fsp3) is 0.561. The van der Waals surface area contributed by atoms with Gasteiger partial charge in [-0.05, 0) is 89.9 Å². The number of unbranched alkanes of at least 4 members (excludes halogenated alkanes) is 3. The number of carbonyl (C=O) groups excluding carboxylic acids is 2. The molecule has 288 valence electrons. The van der Waals surface area contributed by atoms with E-state index in [9.17, 15) is 19.3 Å². The molecule has 0 saturated heterocycles. The summed E-state index contributed by atoms with van der Waals surface area (Å²) in [6.07, 6.45) is 44.8. The Morgan fingerprint density at radius 3 is 1.59 bits per heavy atom. The van der Waals surface area contributed by atoms with Gasteiger partial charge in [0, 0.05) is 12.8 Å². The first-order valence-electron chi connectivity index (χ1n) is 18.6. The molecule has 0 aromatic carbocycles. The van der Waals surface area contributed by atoms with E-state index in [0.29, 0.717) is 25.7 Å². The Kier molecular flexibility index (Phi) is 33.2. The monoisotopic (exact) mass is 732 g/mol. The summed E-state index contributed by atoms with van der Waals surface area (Å²) >= 11 is 0. The van der Waals surface area contributed by atoms with Crippen LogP contribution in [0.1, 0.15) is 123 Å². The number of ether oxygens (including phenoxy) is 2. The lowest BCUT2D eigenvalue weighted by Crippen LogP contribution is -2.29. The summed E-state index contributed by atoms with van der Waals surface area (Å²) in [6, 6.07) is 0. The molecule has 0 saturated carbocycles. The molecule has 2 atom stereocenters. The maximum atomic E-state index is 12.3. The largest absolute Gasteiger partial charge is 0.469 e. The third-order valence-electron chi connectivity index (χ3n) is 7.14. The Morgan fingerprint density at radius 2 is 1.08 bits per heavy atom. The van der Waals surface area contributed by atoms with Crippen LogP contribution < -0.4 is 0 Å². The van der Waals surface area contributed by atoms with Crippen molar-refractivity contribution in [2.24, 2.45) is 0 Å². The number of rotatable bonds is 32. The van der Waals surface area contributed by atoms with E-state index in [-0.39, 0.29) is 25.6 Å². The lowest BCUT2D eigenvalue weighted by molar-refractivity contribution is -0.161. The Balaban J connectivity index is 4.19. The molecule has 0 aliphatic rings. The molecule has 0 fully saturated rings. The van der Waals surface area contributed by atoms with Crippen molar-refractivity contribution in [1.29, 1.82) is 0 Å². The highest BCUT2D eigenvalue weighted by molar-refractivity contribution is 7.46. The van der Waals surface area contributed by atoms with Crippen LogP contribution in [-0.4, -0.2) is 52.3 Å². The number of allylic oxidation sites excluding steroid dienone is 15. The quantitative estimate of drug-likeness (QED) is 0.0267. The van der Waals surface area contributed by atoms with Crippen molar-refractivity contribution < 1.29 is 43.0 Å². The standard InChI is InChI=1S/C41H65O9P/c1-3-5-6-7-8-9-10-11-12-15-19-22-25-28-31-35-41(44)50-39(37-49-51(45,46)47)36-48-40(43)34-30-27-24-21-18-16-13-14-17-20-23-26-29-33-38(42)32-4-2/h5-6,8-9,11-13,16-17,19-22,24,26,29,38-39,42H,3-4,7,10,14-15,18,23,25,27-28,30-37H2,1-2H3,(H2,45,46,47)/b6-5-,9-8-,12-11-,16-13-,20-17-,22-19-,24-21-,29-26-/t38?,39-/m1/s1. The molecule has 0 spiro atoms. The number of esters is 2. The number of aliphatic hydroxyl groups is 1. The van der Waals surface area contributed by atoms with Crippen molar-refractivity contribution in [2.45, 2.75) is 135 Å². The van der Waals surface area contributed by atoms with Gasteiger partial charge in [-0.1, -0.05) is 117 Å². The second kappa shape index (κ2) is 35.3. The molecule has 1 unspecified atom stereocenters. The van der Waals surface area contributed by atoms with Crippen LogP contribution >= 0.6 is 7.82 Å². The van der Waals surface area contributed by atoms with Crippen LogP contribution in [0.4, 0.5) is 0 Å². The molecule has 0 aliphatic carbocycles. The van der Waals surface area contributed by atoms with Gasteiger partial charge in [0.15, 0.2) is 6.10 Å². The van der Waals surface area contributed by atoms with Gasteiger partial charge in [-0.2, -0.15) is 0 Å². The number of aliphatic hydroxyl groups excluding tert-OH is 1. The molecule has 10 heteroatoms. The second-order valence-electron chi connectivity index (χ2n) is 12.0. The van der Waals surface area contributed by atoms with E-state index in [1.54, 1.807) is 0 Å². The molecule has 9 nitrogen and oxygen atoms in total. The average molecular weight is 733 g/mol. The predicted molar refractivity (Wildman–Crippen MR) is 208 cm³/mol. The van der Waals surface area contributed by atoms with Crippen LogP contribution in [0, 0.1) is 0 Å². The third kappa shape index (κ3) is 38.0. The van der Waals surface area contributed by atoms with Gasteiger partial charge in [-0.15, -0.1) is 0 Å². The van der Waals surface area contributed by atoms with Crippen molar-refractivity contribution in [3.8, 4) is 0 Å². The van der Waals surface area contributed by atoms with E-state index >= 15 is 0 Å². The first-order valence-corrected chi connectivity index (χ1v) is 20.1. The maximum absolute atomic E-state index is 12.3. The van der Waals surface area contributed by atoms with E-state index in [1.807, 2.05) is 18.2 Å². The molecule has 3 N–H and O–H groups in total. The highest BCUT2D eigenvalue weighted by Crippen LogP contribution is 2.35. The minimum Gasteiger partial charge on any atom is -0.462 e. The van der Waals surface area contributed by atoms with Gasteiger partial charge in [-0.3, -0.25) is 14.1 Å². The SMILES string of the molecule is CC/C=C\C/C=C\C/C=C\C/C=C\CCCCC(=O)O[C@H](COC(=O)CCC/C=C\C/C=C\C/C=C\C/C=C\CC(O)CCC)COP(=O)(O)O. The summed E-state index contributed by atoms with van der Waals surface area (Å²) in [5.41, 5.74) is 0. The molecule has 0 heterocycles. The molecule has 0 aromatic rings. The zero-order valence-electron chi connectivity index (χ0n) is 31.1. The van der Waals surface area contributed by atoms with E-state index in [4.69, 9.17) is 19.3 Å². The Bertz CT molecular complexity index is 1160. The molecule has 0 bridgehead atoms. The molecule has 0 aromatic heterocycles. The van der Waals surface area contributed by atoms with Gasteiger partial charge >= 0.3 is 19.8 Å². The molecular weight excluding hydrogens is 667 g/mol. The number of carbonyl (C=O) groups is 2. The summed E-state index contributed by atoms with van der Waals surface area (Å²) in [5.74, 6) is -1.03. The van der Waals surface area contributed by atoms with Crippen molar-refractivity contribution in [3.63, 3.8) is 0 Å². The first-order chi connectivity index (χ1) is 24.7. The maximum Gasteiger partial charge on any atom is 0.469 e. The van der Waals surface area contributed by atoms with Crippen LogP contribution in [0.25, 0.3) is 0 Å². The van der Waals surface area contributed by atoms with E-state index < -0.39 is 32.5 Å². The van der Waals surface area contributed by atoms with Crippen LogP contribution in [0.3, 0.4) is 0 Å². The van der Waals surface area contributed by atoms with Gasteiger partial charge in [0.1, 0.15) is 6.61 Å². The average Bonchev–Trinajstić information content (AvgIpc) is 3.09.